The summed E-state index contributed by atoms with van der Waals surface area (Å²) in [5.74, 6) is 1.66. The fourth-order valence-electron chi connectivity index (χ4n) is 3.82. The molecule has 1 fully saturated rings. The molecule has 0 aromatic heterocycles. The van der Waals surface area contributed by atoms with Crippen molar-refractivity contribution in [3.05, 3.63) is 59.1 Å². The predicted molar refractivity (Wildman–Crippen MR) is 107 cm³/mol. The van der Waals surface area contributed by atoms with Gasteiger partial charge in [0.1, 0.15) is 5.75 Å². The predicted octanol–water partition coefficient (Wildman–Crippen LogP) is 6.64. The van der Waals surface area contributed by atoms with Gasteiger partial charge < -0.3 is 9.64 Å². The van der Waals surface area contributed by atoms with Crippen molar-refractivity contribution in [3.63, 3.8) is 0 Å². The molecule has 1 aliphatic rings. The van der Waals surface area contributed by atoms with E-state index in [1.807, 2.05) is 18.2 Å². The minimum atomic E-state index is -0.0519. The van der Waals surface area contributed by atoms with Crippen LogP contribution in [0.4, 0.5) is 5.69 Å². The number of anilines is 1. The molecule has 0 heterocycles. The van der Waals surface area contributed by atoms with Crippen LogP contribution in [0.15, 0.2) is 48.5 Å². The largest absolute Gasteiger partial charge is 0.471 e. The van der Waals surface area contributed by atoms with Gasteiger partial charge in [0.2, 0.25) is 0 Å². The van der Waals surface area contributed by atoms with E-state index in [4.69, 9.17) is 16.3 Å². The van der Waals surface area contributed by atoms with Crippen LogP contribution < -0.4 is 9.64 Å². The lowest BCUT2D eigenvalue weighted by Crippen LogP contribution is -2.37. The van der Waals surface area contributed by atoms with Gasteiger partial charge in [-0.15, -0.1) is 0 Å². The maximum atomic E-state index is 6.19. The van der Waals surface area contributed by atoms with E-state index >= 15 is 0 Å². The van der Waals surface area contributed by atoms with Gasteiger partial charge in [-0.3, -0.25) is 0 Å². The van der Waals surface area contributed by atoms with Gasteiger partial charge in [0.15, 0.2) is 6.23 Å². The first-order chi connectivity index (χ1) is 12.2. The summed E-state index contributed by atoms with van der Waals surface area (Å²) in [6, 6.07) is 16.7. The maximum absolute atomic E-state index is 6.19. The number of hydrogen-bond acceptors (Lipinski definition) is 2. The molecule has 2 aromatic carbocycles. The number of halogens is 1. The van der Waals surface area contributed by atoms with Crippen LogP contribution in [-0.4, -0.2) is 12.8 Å². The summed E-state index contributed by atoms with van der Waals surface area (Å²) in [4.78, 5) is 2.21. The first-order valence-corrected chi connectivity index (χ1v) is 9.84. The highest BCUT2D eigenvalue weighted by Crippen LogP contribution is 2.33. The zero-order chi connectivity index (χ0) is 17.6. The molecule has 2 aromatic rings. The van der Waals surface area contributed by atoms with Crippen LogP contribution in [-0.2, 0) is 0 Å². The summed E-state index contributed by atoms with van der Waals surface area (Å²) in [6.45, 7) is 5.08. The molecule has 0 bridgehead atoms. The zero-order valence-electron chi connectivity index (χ0n) is 15.2. The maximum Gasteiger partial charge on any atom is 0.169 e. The van der Waals surface area contributed by atoms with Crippen molar-refractivity contribution < 1.29 is 4.74 Å². The van der Waals surface area contributed by atoms with Gasteiger partial charge in [-0.2, -0.15) is 0 Å². The van der Waals surface area contributed by atoms with Gasteiger partial charge >= 0.3 is 0 Å². The molecule has 134 valence electrons. The van der Waals surface area contributed by atoms with E-state index in [1.54, 1.807) is 0 Å². The number of rotatable bonds is 6. The van der Waals surface area contributed by atoms with Crippen LogP contribution in [0, 0.1) is 0 Å². The lowest BCUT2D eigenvalue weighted by Gasteiger charge is -2.30. The Kier molecular flexibility index (Phi) is 6.25. The highest BCUT2D eigenvalue weighted by molar-refractivity contribution is 6.30. The van der Waals surface area contributed by atoms with Crippen molar-refractivity contribution in [1.29, 1.82) is 0 Å². The first-order valence-electron chi connectivity index (χ1n) is 9.46. The molecular weight excluding hydrogens is 330 g/mol. The number of benzene rings is 2. The Morgan fingerprint density at radius 2 is 1.80 bits per heavy atom. The third-order valence-electron chi connectivity index (χ3n) is 5.18. The Balaban J connectivity index is 1.66. The van der Waals surface area contributed by atoms with E-state index in [0.717, 1.165) is 28.9 Å². The van der Waals surface area contributed by atoms with Gasteiger partial charge in [-0.25, -0.2) is 0 Å². The molecule has 0 spiro atoms. The molecule has 0 radical (unpaired) electrons. The van der Waals surface area contributed by atoms with Crippen molar-refractivity contribution in [2.45, 2.75) is 58.1 Å². The molecule has 1 unspecified atom stereocenters. The second-order valence-electron chi connectivity index (χ2n) is 6.89. The molecule has 3 rings (SSSR count). The Hall–Kier alpha value is -1.67. The third-order valence-corrected chi connectivity index (χ3v) is 5.42. The molecule has 3 heteroatoms. The molecule has 0 saturated heterocycles. The van der Waals surface area contributed by atoms with Crippen molar-refractivity contribution in [2.75, 3.05) is 11.4 Å². The van der Waals surface area contributed by atoms with Crippen molar-refractivity contribution in [1.82, 2.24) is 0 Å². The second kappa shape index (κ2) is 8.62. The summed E-state index contributed by atoms with van der Waals surface area (Å²) in [6.07, 6.45) is 6.73. The topological polar surface area (TPSA) is 12.5 Å². The fraction of sp³-hybridized carbons (Fsp3) is 0.455. The number of nitrogens with zero attached hydrogens (tertiary/aromatic N) is 1. The molecule has 0 N–H and O–H groups in total. The third kappa shape index (κ3) is 4.70. The van der Waals surface area contributed by atoms with Gasteiger partial charge in [0.25, 0.3) is 0 Å². The van der Waals surface area contributed by atoms with Crippen LogP contribution in [0.5, 0.6) is 5.75 Å². The quantitative estimate of drug-likeness (QED) is 0.537. The summed E-state index contributed by atoms with van der Waals surface area (Å²) in [7, 11) is 0. The smallest absolute Gasteiger partial charge is 0.169 e. The Morgan fingerprint density at radius 1 is 1.08 bits per heavy atom. The molecule has 25 heavy (non-hydrogen) atoms. The summed E-state index contributed by atoms with van der Waals surface area (Å²) >= 11 is 6.13. The average Bonchev–Trinajstić information content (AvgIpc) is 2.64. The van der Waals surface area contributed by atoms with Gasteiger partial charge in [0.05, 0.1) is 0 Å². The standard InChI is InChI=1S/C22H28ClNO/c1-3-24(21-11-7-10-20(23)16-21)17(2)25-22-14-12-19(13-15-22)18-8-5-4-6-9-18/h7,10-18H,3-6,8-9H2,1-2H3. The van der Waals surface area contributed by atoms with Gasteiger partial charge in [-0.1, -0.05) is 49.1 Å². The van der Waals surface area contributed by atoms with Crippen LogP contribution in [0.25, 0.3) is 0 Å². The summed E-state index contributed by atoms with van der Waals surface area (Å²) < 4.78 is 6.19. The summed E-state index contributed by atoms with van der Waals surface area (Å²) in [5, 5.41) is 0.750. The van der Waals surface area contributed by atoms with E-state index in [2.05, 4.69) is 49.1 Å². The number of hydrogen-bond donors (Lipinski definition) is 0. The Labute approximate surface area is 156 Å². The van der Waals surface area contributed by atoms with Crippen molar-refractivity contribution >= 4 is 17.3 Å². The minimum Gasteiger partial charge on any atom is -0.471 e. The minimum absolute atomic E-state index is 0.0519. The Morgan fingerprint density at radius 3 is 2.44 bits per heavy atom. The zero-order valence-corrected chi connectivity index (χ0v) is 16.0. The molecule has 1 atom stereocenters. The molecule has 0 amide bonds. The average molecular weight is 358 g/mol. The van der Waals surface area contributed by atoms with Crippen molar-refractivity contribution in [3.8, 4) is 5.75 Å². The second-order valence-corrected chi connectivity index (χ2v) is 7.32. The fourth-order valence-corrected chi connectivity index (χ4v) is 4.00. The van der Waals surface area contributed by atoms with Crippen LogP contribution in [0.1, 0.15) is 57.4 Å². The van der Waals surface area contributed by atoms with Gasteiger partial charge in [-0.05, 0) is 68.5 Å². The molecule has 1 saturated carbocycles. The normalized spacial score (nSPS) is 16.4. The highest BCUT2D eigenvalue weighted by atomic mass is 35.5. The van der Waals surface area contributed by atoms with Crippen LogP contribution in [0.3, 0.4) is 0 Å². The van der Waals surface area contributed by atoms with Gasteiger partial charge in [0, 0.05) is 17.3 Å². The highest BCUT2D eigenvalue weighted by Gasteiger charge is 2.17. The Bertz CT molecular complexity index is 664. The van der Waals surface area contributed by atoms with E-state index < -0.39 is 0 Å². The SMILES string of the molecule is CCN(c1cccc(Cl)c1)C(C)Oc1ccc(C2CCCCC2)cc1. The molecule has 1 aliphatic carbocycles. The lowest BCUT2D eigenvalue weighted by atomic mass is 9.84. The summed E-state index contributed by atoms with van der Waals surface area (Å²) in [5.41, 5.74) is 2.54. The van der Waals surface area contributed by atoms with Crippen LogP contribution in [0.2, 0.25) is 5.02 Å². The van der Waals surface area contributed by atoms with Crippen molar-refractivity contribution in [2.24, 2.45) is 0 Å². The van der Waals surface area contributed by atoms with E-state index in [9.17, 15) is 0 Å². The van der Waals surface area contributed by atoms with E-state index in [1.165, 1.54) is 37.7 Å². The lowest BCUT2D eigenvalue weighted by molar-refractivity contribution is 0.216. The number of ether oxygens (including phenoxy) is 1. The first kappa shape index (κ1) is 18.1. The molecular formula is C22H28ClNO. The van der Waals surface area contributed by atoms with E-state index in [0.29, 0.717) is 0 Å². The monoisotopic (exact) mass is 357 g/mol. The molecule has 0 aliphatic heterocycles. The van der Waals surface area contributed by atoms with E-state index in [-0.39, 0.29) is 6.23 Å². The molecule has 2 nitrogen and oxygen atoms in total. The van der Waals surface area contributed by atoms with Crippen LogP contribution >= 0.6 is 11.6 Å².